The van der Waals surface area contributed by atoms with Crippen LogP contribution in [0.1, 0.15) is 18.4 Å². The minimum atomic E-state index is 0.361. The molecule has 1 fully saturated rings. The summed E-state index contributed by atoms with van der Waals surface area (Å²) in [5.74, 6) is 0.870. The fourth-order valence-corrected chi connectivity index (χ4v) is 2.25. The van der Waals surface area contributed by atoms with Crippen LogP contribution in [-0.4, -0.2) is 26.4 Å². The van der Waals surface area contributed by atoms with Crippen LogP contribution in [0, 0.1) is 0 Å². The smallest absolute Gasteiger partial charge is 0.123 e. The normalized spacial score (nSPS) is 19.5. The Bertz CT molecular complexity index is 364. The quantitative estimate of drug-likeness (QED) is 0.877. The molecule has 1 aliphatic rings. The van der Waals surface area contributed by atoms with Gasteiger partial charge in [0.25, 0.3) is 0 Å². The number of halogens is 1. The first-order valence-corrected chi connectivity index (χ1v) is 6.32. The van der Waals surface area contributed by atoms with Gasteiger partial charge < -0.3 is 14.8 Å². The van der Waals surface area contributed by atoms with Crippen LogP contribution < -0.4 is 10.1 Å². The highest BCUT2D eigenvalue weighted by Gasteiger charge is 2.14. The molecule has 3 nitrogen and oxygen atoms in total. The first kappa shape index (κ1) is 12.7. The summed E-state index contributed by atoms with van der Waals surface area (Å²) in [6.45, 7) is 2.53. The van der Waals surface area contributed by atoms with Crippen LogP contribution in [0.4, 0.5) is 0 Å². The molecule has 1 atom stereocenters. The topological polar surface area (TPSA) is 30.5 Å². The molecular weight excluding hydrogens is 238 g/mol. The Labute approximate surface area is 107 Å². The summed E-state index contributed by atoms with van der Waals surface area (Å²) < 4.78 is 10.8. The molecule has 0 aliphatic carbocycles. The second kappa shape index (κ2) is 6.24. The molecule has 0 unspecified atom stereocenters. The third-order valence-electron chi connectivity index (χ3n) is 2.95. The Hall–Kier alpha value is -0.770. The molecule has 0 spiro atoms. The Kier molecular flexibility index (Phi) is 4.66. The molecule has 94 valence electrons. The summed E-state index contributed by atoms with van der Waals surface area (Å²) in [4.78, 5) is 0. The molecule has 0 aromatic heterocycles. The number of nitrogens with one attached hydrogen (secondary N) is 1. The predicted molar refractivity (Wildman–Crippen MR) is 68.7 cm³/mol. The molecule has 1 aromatic rings. The lowest BCUT2D eigenvalue weighted by Crippen LogP contribution is -2.25. The summed E-state index contributed by atoms with van der Waals surface area (Å²) in [5.41, 5.74) is 1.08. The number of hydrogen-bond acceptors (Lipinski definition) is 3. The van der Waals surface area contributed by atoms with Crippen molar-refractivity contribution in [3.8, 4) is 5.75 Å². The third kappa shape index (κ3) is 3.60. The molecule has 0 saturated carbocycles. The van der Waals surface area contributed by atoms with Crippen molar-refractivity contribution in [1.29, 1.82) is 0 Å². The summed E-state index contributed by atoms with van der Waals surface area (Å²) in [6.07, 6.45) is 2.69. The SMILES string of the molecule is COc1ccc(Cl)cc1CNC[C@@H]1CCCO1. The van der Waals surface area contributed by atoms with Crippen LogP contribution in [0.15, 0.2) is 18.2 Å². The van der Waals surface area contributed by atoms with E-state index in [1.54, 1.807) is 7.11 Å². The van der Waals surface area contributed by atoms with Gasteiger partial charge in [-0.2, -0.15) is 0 Å². The van der Waals surface area contributed by atoms with Crippen molar-refractivity contribution in [3.63, 3.8) is 0 Å². The van der Waals surface area contributed by atoms with E-state index in [-0.39, 0.29) is 0 Å². The molecule has 1 aromatic carbocycles. The van der Waals surface area contributed by atoms with Gasteiger partial charge >= 0.3 is 0 Å². The lowest BCUT2D eigenvalue weighted by Gasteiger charge is -2.13. The highest BCUT2D eigenvalue weighted by Crippen LogP contribution is 2.22. The van der Waals surface area contributed by atoms with Crippen molar-refractivity contribution < 1.29 is 9.47 Å². The molecule has 0 radical (unpaired) electrons. The maximum atomic E-state index is 5.97. The van der Waals surface area contributed by atoms with Crippen molar-refractivity contribution in [2.24, 2.45) is 0 Å². The molecule has 0 bridgehead atoms. The zero-order chi connectivity index (χ0) is 12.1. The molecule has 1 saturated heterocycles. The largest absolute Gasteiger partial charge is 0.496 e. The number of benzene rings is 1. The molecule has 0 amide bonds. The minimum Gasteiger partial charge on any atom is -0.496 e. The van der Waals surface area contributed by atoms with Crippen LogP contribution in [0.25, 0.3) is 0 Å². The Morgan fingerprint density at radius 3 is 3.12 bits per heavy atom. The number of methoxy groups -OCH3 is 1. The van der Waals surface area contributed by atoms with Crippen LogP contribution in [-0.2, 0) is 11.3 Å². The van der Waals surface area contributed by atoms with Crippen molar-refractivity contribution in [2.75, 3.05) is 20.3 Å². The Balaban J connectivity index is 1.86. The van der Waals surface area contributed by atoms with Gasteiger partial charge in [-0.25, -0.2) is 0 Å². The fourth-order valence-electron chi connectivity index (χ4n) is 2.06. The van der Waals surface area contributed by atoms with E-state index >= 15 is 0 Å². The Morgan fingerprint density at radius 1 is 1.53 bits per heavy atom. The molecule has 1 N–H and O–H groups in total. The Morgan fingerprint density at radius 2 is 2.41 bits per heavy atom. The molecule has 1 heterocycles. The second-order valence-corrected chi connectivity index (χ2v) is 4.66. The van der Waals surface area contributed by atoms with Crippen molar-refractivity contribution in [1.82, 2.24) is 5.32 Å². The average molecular weight is 256 g/mol. The number of ether oxygens (including phenoxy) is 2. The first-order chi connectivity index (χ1) is 8.29. The zero-order valence-electron chi connectivity index (χ0n) is 10.0. The van der Waals surface area contributed by atoms with Gasteiger partial charge in [0.1, 0.15) is 5.75 Å². The third-order valence-corrected chi connectivity index (χ3v) is 3.19. The van der Waals surface area contributed by atoms with Gasteiger partial charge in [-0.3, -0.25) is 0 Å². The minimum absolute atomic E-state index is 0.361. The lowest BCUT2D eigenvalue weighted by molar-refractivity contribution is 0.110. The van der Waals surface area contributed by atoms with Gasteiger partial charge in [0, 0.05) is 30.3 Å². The summed E-state index contributed by atoms with van der Waals surface area (Å²) in [7, 11) is 1.67. The summed E-state index contributed by atoms with van der Waals surface area (Å²) in [6, 6.07) is 5.66. The molecular formula is C13H18ClNO2. The van der Waals surface area contributed by atoms with Crippen molar-refractivity contribution in [2.45, 2.75) is 25.5 Å². The number of rotatable bonds is 5. The van der Waals surface area contributed by atoms with E-state index in [9.17, 15) is 0 Å². The highest BCUT2D eigenvalue weighted by atomic mass is 35.5. The van der Waals surface area contributed by atoms with Crippen LogP contribution in [0.2, 0.25) is 5.02 Å². The van der Waals surface area contributed by atoms with E-state index in [0.29, 0.717) is 6.10 Å². The van der Waals surface area contributed by atoms with E-state index in [1.807, 2.05) is 18.2 Å². The van der Waals surface area contributed by atoms with E-state index in [2.05, 4.69) is 5.32 Å². The molecule has 1 aliphatic heterocycles. The maximum Gasteiger partial charge on any atom is 0.123 e. The van der Waals surface area contributed by atoms with Crippen molar-refractivity contribution >= 4 is 11.6 Å². The van der Waals surface area contributed by atoms with Gasteiger partial charge in [-0.05, 0) is 31.0 Å². The van der Waals surface area contributed by atoms with Crippen LogP contribution in [0.5, 0.6) is 5.75 Å². The van der Waals surface area contributed by atoms with Gasteiger partial charge in [0.15, 0.2) is 0 Å². The van der Waals surface area contributed by atoms with Gasteiger partial charge in [0.05, 0.1) is 13.2 Å². The van der Waals surface area contributed by atoms with Crippen LogP contribution >= 0.6 is 11.6 Å². The average Bonchev–Trinajstić information content (AvgIpc) is 2.82. The van der Waals surface area contributed by atoms with Crippen molar-refractivity contribution in [3.05, 3.63) is 28.8 Å². The van der Waals surface area contributed by atoms with E-state index in [1.165, 1.54) is 6.42 Å². The zero-order valence-corrected chi connectivity index (χ0v) is 10.8. The number of hydrogen-bond donors (Lipinski definition) is 1. The van der Waals surface area contributed by atoms with E-state index < -0.39 is 0 Å². The molecule has 4 heteroatoms. The van der Waals surface area contributed by atoms with Gasteiger partial charge in [-0.1, -0.05) is 11.6 Å². The molecule has 2 rings (SSSR count). The highest BCUT2D eigenvalue weighted by molar-refractivity contribution is 6.30. The fraction of sp³-hybridized carbons (Fsp3) is 0.538. The lowest BCUT2D eigenvalue weighted by atomic mass is 10.2. The van der Waals surface area contributed by atoms with Gasteiger partial charge in [-0.15, -0.1) is 0 Å². The standard InChI is InChI=1S/C13H18ClNO2/c1-16-13-5-4-11(14)7-10(13)8-15-9-12-3-2-6-17-12/h4-5,7,12,15H,2-3,6,8-9H2,1H3/t12-/m0/s1. The molecule has 17 heavy (non-hydrogen) atoms. The predicted octanol–water partition coefficient (Wildman–Crippen LogP) is 2.62. The first-order valence-electron chi connectivity index (χ1n) is 5.94. The maximum absolute atomic E-state index is 5.97. The second-order valence-electron chi connectivity index (χ2n) is 4.22. The van der Waals surface area contributed by atoms with Gasteiger partial charge in [0.2, 0.25) is 0 Å². The van der Waals surface area contributed by atoms with Crippen LogP contribution in [0.3, 0.4) is 0 Å². The monoisotopic (exact) mass is 255 g/mol. The van der Waals surface area contributed by atoms with E-state index in [0.717, 1.165) is 42.5 Å². The van der Waals surface area contributed by atoms with E-state index in [4.69, 9.17) is 21.1 Å². The summed E-state index contributed by atoms with van der Waals surface area (Å²) in [5, 5.41) is 4.12. The summed E-state index contributed by atoms with van der Waals surface area (Å²) >= 11 is 5.97.